The number of aromatic hydroxyl groups is 1. The number of nitrogens with zero attached hydrogens (tertiary/aromatic N) is 4. The normalized spacial score (nSPS) is 10.6. The SMILES string of the molecule is Cc1c(C(=O)N/N=C/c2ccccc2O)nn(-c2ccccc2)c(=O)c1C#N. The van der Waals surface area contributed by atoms with Gasteiger partial charge < -0.3 is 5.11 Å². The molecule has 1 heterocycles. The highest BCUT2D eigenvalue weighted by Gasteiger charge is 2.20. The maximum atomic E-state index is 12.5. The van der Waals surface area contributed by atoms with Crippen molar-refractivity contribution in [3.05, 3.63) is 87.3 Å². The van der Waals surface area contributed by atoms with Crippen LogP contribution in [0.15, 0.2) is 64.5 Å². The summed E-state index contributed by atoms with van der Waals surface area (Å²) < 4.78 is 1.01. The average molecular weight is 373 g/mol. The number of phenols is 1. The standard InChI is InChI=1S/C20H15N5O3/c1-13-16(11-21)20(28)25(15-8-3-2-4-9-15)24-18(13)19(27)23-22-12-14-7-5-6-10-17(14)26/h2-10,12,26H,1H3,(H,23,27)/b22-12+. The van der Waals surface area contributed by atoms with Crippen molar-refractivity contribution >= 4 is 12.1 Å². The molecule has 3 rings (SSSR count). The molecule has 0 aliphatic rings. The Bertz CT molecular complexity index is 1160. The number of carbonyl (C=O) groups is 1. The first-order valence-corrected chi connectivity index (χ1v) is 8.23. The number of nitriles is 1. The van der Waals surface area contributed by atoms with Gasteiger partial charge in [-0.1, -0.05) is 30.3 Å². The molecule has 8 nitrogen and oxygen atoms in total. The van der Waals surface area contributed by atoms with Gasteiger partial charge in [-0.15, -0.1) is 0 Å². The van der Waals surface area contributed by atoms with Crippen molar-refractivity contribution in [2.45, 2.75) is 6.92 Å². The lowest BCUT2D eigenvalue weighted by Gasteiger charge is -2.10. The van der Waals surface area contributed by atoms with Gasteiger partial charge >= 0.3 is 0 Å². The van der Waals surface area contributed by atoms with Gasteiger partial charge in [0.05, 0.1) is 11.9 Å². The van der Waals surface area contributed by atoms with E-state index in [2.05, 4.69) is 15.6 Å². The van der Waals surface area contributed by atoms with Crippen molar-refractivity contribution in [2.75, 3.05) is 0 Å². The van der Waals surface area contributed by atoms with E-state index >= 15 is 0 Å². The molecule has 0 aliphatic carbocycles. The van der Waals surface area contributed by atoms with Crippen LogP contribution in [0.5, 0.6) is 5.75 Å². The minimum atomic E-state index is -0.689. The van der Waals surface area contributed by atoms with Gasteiger partial charge in [-0.3, -0.25) is 9.59 Å². The van der Waals surface area contributed by atoms with E-state index < -0.39 is 11.5 Å². The quantitative estimate of drug-likeness (QED) is 0.534. The zero-order valence-electron chi connectivity index (χ0n) is 14.8. The average Bonchev–Trinajstić information content (AvgIpc) is 2.70. The Morgan fingerprint density at radius 1 is 1.21 bits per heavy atom. The van der Waals surface area contributed by atoms with Gasteiger partial charge in [0, 0.05) is 11.1 Å². The highest BCUT2D eigenvalue weighted by Crippen LogP contribution is 2.13. The van der Waals surface area contributed by atoms with Crippen molar-refractivity contribution in [3.63, 3.8) is 0 Å². The van der Waals surface area contributed by atoms with E-state index in [0.29, 0.717) is 11.3 Å². The van der Waals surface area contributed by atoms with Gasteiger partial charge in [0.1, 0.15) is 17.4 Å². The first kappa shape index (κ1) is 18.5. The molecular weight excluding hydrogens is 358 g/mol. The van der Waals surface area contributed by atoms with Crippen molar-refractivity contribution in [1.29, 1.82) is 5.26 Å². The first-order valence-electron chi connectivity index (χ1n) is 8.23. The number of hydrogen-bond acceptors (Lipinski definition) is 6. The summed E-state index contributed by atoms with van der Waals surface area (Å²) in [6, 6.07) is 16.8. The van der Waals surface area contributed by atoms with Gasteiger partial charge in [0.15, 0.2) is 5.69 Å². The van der Waals surface area contributed by atoms with Crippen LogP contribution in [-0.2, 0) is 0 Å². The zero-order chi connectivity index (χ0) is 20.1. The van der Waals surface area contributed by atoms with E-state index in [-0.39, 0.29) is 22.6 Å². The number of carbonyl (C=O) groups excluding carboxylic acids is 1. The summed E-state index contributed by atoms with van der Waals surface area (Å²) in [7, 11) is 0. The molecule has 1 amide bonds. The van der Waals surface area contributed by atoms with Crippen LogP contribution in [0.25, 0.3) is 5.69 Å². The fraction of sp³-hybridized carbons (Fsp3) is 0.0500. The summed E-state index contributed by atoms with van der Waals surface area (Å²) in [6.45, 7) is 1.48. The van der Waals surface area contributed by atoms with Gasteiger partial charge in [-0.05, 0) is 31.2 Å². The summed E-state index contributed by atoms with van der Waals surface area (Å²) >= 11 is 0. The largest absolute Gasteiger partial charge is 0.507 e. The Morgan fingerprint density at radius 3 is 2.57 bits per heavy atom. The highest BCUT2D eigenvalue weighted by atomic mass is 16.3. The summed E-state index contributed by atoms with van der Waals surface area (Å²) in [4.78, 5) is 25.1. The molecule has 0 atom stereocenters. The highest BCUT2D eigenvalue weighted by molar-refractivity contribution is 5.95. The van der Waals surface area contributed by atoms with E-state index in [4.69, 9.17) is 0 Å². The van der Waals surface area contributed by atoms with E-state index in [9.17, 15) is 20.0 Å². The third-order valence-electron chi connectivity index (χ3n) is 3.97. The number of phenolic OH excluding ortho intramolecular Hbond substituents is 1. The molecule has 0 fully saturated rings. The number of nitrogens with one attached hydrogen (secondary N) is 1. The molecule has 0 spiro atoms. The molecule has 2 aromatic carbocycles. The fourth-order valence-corrected chi connectivity index (χ4v) is 2.51. The molecule has 28 heavy (non-hydrogen) atoms. The van der Waals surface area contributed by atoms with Crippen LogP contribution in [-0.4, -0.2) is 27.0 Å². The fourth-order valence-electron chi connectivity index (χ4n) is 2.51. The molecule has 2 N–H and O–H groups in total. The Labute approximate surface area is 160 Å². The molecule has 0 saturated carbocycles. The molecule has 0 saturated heterocycles. The molecular formula is C20H15N5O3. The molecule has 0 bridgehead atoms. The second-order valence-electron chi connectivity index (χ2n) is 5.77. The van der Waals surface area contributed by atoms with Gasteiger partial charge in [-0.25, -0.2) is 5.43 Å². The Hall–Kier alpha value is -4.25. The van der Waals surface area contributed by atoms with Crippen LogP contribution in [0.2, 0.25) is 0 Å². The maximum absolute atomic E-state index is 12.5. The lowest BCUT2D eigenvalue weighted by molar-refractivity contribution is 0.0947. The summed E-state index contributed by atoms with van der Waals surface area (Å²) in [6.07, 6.45) is 1.28. The van der Waals surface area contributed by atoms with Crippen LogP contribution >= 0.6 is 0 Å². The van der Waals surface area contributed by atoms with E-state index in [1.165, 1.54) is 19.2 Å². The van der Waals surface area contributed by atoms with Gasteiger partial charge in [-0.2, -0.15) is 20.1 Å². The molecule has 0 radical (unpaired) electrons. The number of amides is 1. The number of para-hydroxylation sites is 2. The topological polar surface area (TPSA) is 120 Å². The first-order chi connectivity index (χ1) is 13.5. The summed E-state index contributed by atoms with van der Waals surface area (Å²) in [5.41, 5.74) is 2.42. The van der Waals surface area contributed by atoms with Gasteiger partial charge in [0.25, 0.3) is 11.5 Å². The van der Waals surface area contributed by atoms with Crippen LogP contribution in [0.1, 0.15) is 27.2 Å². The third kappa shape index (κ3) is 3.64. The predicted octanol–water partition coefficient (Wildman–Crippen LogP) is 1.88. The zero-order valence-corrected chi connectivity index (χ0v) is 14.8. The molecule has 1 aromatic heterocycles. The molecule has 3 aromatic rings. The number of hydrazone groups is 1. The van der Waals surface area contributed by atoms with Crippen LogP contribution in [0.3, 0.4) is 0 Å². The maximum Gasteiger partial charge on any atom is 0.292 e. The summed E-state index contributed by atoms with van der Waals surface area (Å²) in [5, 5.41) is 27.0. The Morgan fingerprint density at radius 2 is 1.89 bits per heavy atom. The lowest BCUT2D eigenvalue weighted by atomic mass is 10.1. The minimum Gasteiger partial charge on any atom is -0.507 e. The molecule has 8 heteroatoms. The van der Waals surface area contributed by atoms with Crippen LogP contribution in [0, 0.1) is 18.3 Å². The minimum absolute atomic E-state index is 0.0131. The number of benzene rings is 2. The Balaban J connectivity index is 1.97. The van der Waals surface area contributed by atoms with Crippen molar-refractivity contribution in [1.82, 2.24) is 15.2 Å². The van der Waals surface area contributed by atoms with E-state index in [1.807, 2.05) is 6.07 Å². The second-order valence-corrected chi connectivity index (χ2v) is 5.77. The monoisotopic (exact) mass is 373 g/mol. The Kier molecular flexibility index (Phi) is 5.28. The van der Waals surface area contributed by atoms with Crippen molar-refractivity contribution in [3.8, 4) is 17.5 Å². The molecule has 138 valence electrons. The third-order valence-corrected chi connectivity index (χ3v) is 3.97. The second kappa shape index (κ2) is 7.97. The number of aromatic nitrogens is 2. The lowest BCUT2D eigenvalue weighted by Crippen LogP contribution is -2.31. The van der Waals surface area contributed by atoms with E-state index in [0.717, 1.165) is 4.68 Å². The number of rotatable bonds is 4. The van der Waals surface area contributed by atoms with Crippen molar-refractivity contribution < 1.29 is 9.90 Å². The van der Waals surface area contributed by atoms with Crippen LogP contribution < -0.4 is 11.0 Å². The predicted molar refractivity (Wildman–Crippen MR) is 102 cm³/mol. The number of hydrogen-bond donors (Lipinski definition) is 2. The van der Waals surface area contributed by atoms with E-state index in [1.54, 1.807) is 48.5 Å². The van der Waals surface area contributed by atoms with Crippen LogP contribution in [0.4, 0.5) is 0 Å². The summed E-state index contributed by atoms with van der Waals surface area (Å²) in [5.74, 6) is -0.676. The van der Waals surface area contributed by atoms with Crippen molar-refractivity contribution in [2.24, 2.45) is 5.10 Å². The smallest absolute Gasteiger partial charge is 0.292 e. The van der Waals surface area contributed by atoms with Gasteiger partial charge in [0.2, 0.25) is 0 Å². The molecule has 0 unspecified atom stereocenters. The molecule has 0 aliphatic heterocycles.